The number of piperidine rings is 1. The molecule has 3 saturated heterocycles. The van der Waals surface area contributed by atoms with Crippen molar-refractivity contribution in [1.29, 1.82) is 0 Å². The van der Waals surface area contributed by atoms with Crippen molar-refractivity contribution in [2.75, 3.05) is 52.9 Å². The predicted molar refractivity (Wildman–Crippen MR) is 100 cm³/mol. The SMILES string of the molecule is CN(CC1CCNCC1N1CCC2(CCNC2)C1)C1CCCCC1. The van der Waals surface area contributed by atoms with Crippen LogP contribution in [-0.4, -0.2) is 74.7 Å². The maximum atomic E-state index is 3.70. The number of rotatable bonds is 4. The van der Waals surface area contributed by atoms with E-state index in [1.54, 1.807) is 0 Å². The number of nitrogens with zero attached hydrogens (tertiary/aromatic N) is 2. The molecule has 4 nitrogen and oxygen atoms in total. The lowest BCUT2D eigenvalue weighted by atomic mass is 9.86. The van der Waals surface area contributed by atoms with Crippen LogP contribution in [0.3, 0.4) is 0 Å². The molecule has 1 aliphatic carbocycles. The van der Waals surface area contributed by atoms with Crippen LogP contribution in [0.4, 0.5) is 0 Å². The van der Waals surface area contributed by atoms with E-state index in [1.807, 2.05) is 0 Å². The first-order valence-electron chi connectivity index (χ1n) is 10.6. The number of hydrogen-bond acceptors (Lipinski definition) is 4. The maximum absolute atomic E-state index is 3.70. The molecule has 3 heterocycles. The fourth-order valence-electron chi connectivity index (χ4n) is 5.97. The van der Waals surface area contributed by atoms with Gasteiger partial charge in [-0.1, -0.05) is 19.3 Å². The first-order valence-corrected chi connectivity index (χ1v) is 10.6. The molecule has 1 saturated carbocycles. The van der Waals surface area contributed by atoms with Gasteiger partial charge in [-0.2, -0.15) is 0 Å². The summed E-state index contributed by atoms with van der Waals surface area (Å²) in [7, 11) is 2.40. The lowest BCUT2D eigenvalue weighted by molar-refractivity contribution is 0.0815. The van der Waals surface area contributed by atoms with Crippen molar-refractivity contribution < 1.29 is 0 Å². The summed E-state index contributed by atoms with van der Waals surface area (Å²) in [4.78, 5) is 5.59. The van der Waals surface area contributed by atoms with E-state index in [2.05, 4.69) is 27.5 Å². The van der Waals surface area contributed by atoms with E-state index in [1.165, 1.54) is 97.2 Å². The standard InChI is InChI=1S/C20H38N4/c1-23(18-5-3-2-4-6-18)14-17-7-10-21-13-19(17)24-12-9-20(16-24)8-11-22-15-20/h17-19,21-22H,2-16H2,1H3. The molecule has 0 aromatic carbocycles. The van der Waals surface area contributed by atoms with Crippen LogP contribution in [-0.2, 0) is 0 Å². The van der Waals surface area contributed by atoms with Crippen LogP contribution in [0.25, 0.3) is 0 Å². The summed E-state index contributed by atoms with van der Waals surface area (Å²) in [6, 6.07) is 1.63. The zero-order chi connectivity index (χ0) is 16.4. The Kier molecular flexibility index (Phi) is 5.47. The molecule has 24 heavy (non-hydrogen) atoms. The quantitative estimate of drug-likeness (QED) is 0.822. The van der Waals surface area contributed by atoms with Gasteiger partial charge in [-0.05, 0) is 70.1 Å². The molecule has 0 amide bonds. The van der Waals surface area contributed by atoms with Crippen molar-refractivity contribution in [2.45, 2.75) is 63.5 Å². The van der Waals surface area contributed by atoms with Crippen LogP contribution in [0.5, 0.6) is 0 Å². The second-order valence-corrected chi connectivity index (χ2v) is 9.20. The van der Waals surface area contributed by atoms with Gasteiger partial charge in [0.05, 0.1) is 0 Å². The summed E-state index contributed by atoms with van der Waals surface area (Å²) in [5.74, 6) is 0.864. The van der Waals surface area contributed by atoms with Gasteiger partial charge < -0.3 is 15.5 Å². The fraction of sp³-hybridized carbons (Fsp3) is 1.00. The van der Waals surface area contributed by atoms with Crippen molar-refractivity contribution in [3.05, 3.63) is 0 Å². The molecule has 4 fully saturated rings. The molecule has 138 valence electrons. The van der Waals surface area contributed by atoms with E-state index in [0.29, 0.717) is 5.41 Å². The van der Waals surface area contributed by atoms with E-state index >= 15 is 0 Å². The molecule has 0 radical (unpaired) electrons. The Bertz CT molecular complexity index is 400. The zero-order valence-electron chi connectivity index (χ0n) is 15.7. The van der Waals surface area contributed by atoms with Gasteiger partial charge >= 0.3 is 0 Å². The molecule has 0 aromatic rings. The molecule has 4 rings (SSSR count). The molecule has 3 aliphatic heterocycles. The molecular weight excluding hydrogens is 296 g/mol. The highest BCUT2D eigenvalue weighted by Crippen LogP contribution is 2.38. The Morgan fingerprint density at radius 3 is 2.71 bits per heavy atom. The molecule has 3 unspecified atom stereocenters. The van der Waals surface area contributed by atoms with Crippen LogP contribution in [0, 0.1) is 11.3 Å². The Labute approximate surface area is 148 Å². The Morgan fingerprint density at radius 2 is 1.92 bits per heavy atom. The number of likely N-dealkylation sites (tertiary alicyclic amines) is 1. The first kappa shape index (κ1) is 17.3. The van der Waals surface area contributed by atoms with Crippen LogP contribution in [0.2, 0.25) is 0 Å². The molecule has 0 aromatic heterocycles. The highest BCUT2D eigenvalue weighted by Gasteiger charge is 2.44. The Hall–Kier alpha value is -0.160. The average Bonchev–Trinajstić information content (AvgIpc) is 3.26. The van der Waals surface area contributed by atoms with E-state index < -0.39 is 0 Å². The van der Waals surface area contributed by atoms with Gasteiger partial charge in [-0.3, -0.25) is 4.90 Å². The van der Waals surface area contributed by atoms with Crippen LogP contribution in [0.1, 0.15) is 51.4 Å². The highest BCUT2D eigenvalue weighted by molar-refractivity contribution is 5.00. The summed E-state index contributed by atoms with van der Waals surface area (Å²) in [5, 5.41) is 7.31. The second kappa shape index (κ2) is 7.61. The Morgan fingerprint density at radius 1 is 1.04 bits per heavy atom. The lowest BCUT2D eigenvalue weighted by Gasteiger charge is -2.42. The summed E-state index contributed by atoms with van der Waals surface area (Å²) >= 11 is 0. The Balaban J connectivity index is 1.36. The normalized spacial score (nSPS) is 39.2. The average molecular weight is 335 g/mol. The number of hydrogen-bond donors (Lipinski definition) is 2. The van der Waals surface area contributed by atoms with Crippen LogP contribution in [0.15, 0.2) is 0 Å². The first-order chi connectivity index (χ1) is 11.8. The third-order valence-electron chi connectivity index (χ3n) is 7.58. The van der Waals surface area contributed by atoms with Gasteiger partial charge in [0.1, 0.15) is 0 Å². The second-order valence-electron chi connectivity index (χ2n) is 9.20. The molecule has 2 N–H and O–H groups in total. The molecule has 3 atom stereocenters. The van der Waals surface area contributed by atoms with Gasteiger partial charge in [0.25, 0.3) is 0 Å². The summed E-state index contributed by atoms with van der Waals surface area (Å²) in [6.45, 7) is 8.93. The molecule has 0 bridgehead atoms. The monoisotopic (exact) mass is 334 g/mol. The van der Waals surface area contributed by atoms with Gasteiger partial charge in [-0.25, -0.2) is 0 Å². The third-order valence-corrected chi connectivity index (χ3v) is 7.58. The van der Waals surface area contributed by atoms with Gasteiger partial charge in [-0.15, -0.1) is 0 Å². The molecule has 4 heteroatoms. The van der Waals surface area contributed by atoms with Gasteiger partial charge in [0.2, 0.25) is 0 Å². The minimum Gasteiger partial charge on any atom is -0.316 e. The summed E-state index contributed by atoms with van der Waals surface area (Å²) in [6.07, 6.45) is 11.4. The topological polar surface area (TPSA) is 30.5 Å². The molecule has 4 aliphatic rings. The maximum Gasteiger partial charge on any atom is 0.0261 e. The minimum atomic E-state index is 0.608. The van der Waals surface area contributed by atoms with Crippen molar-refractivity contribution >= 4 is 0 Å². The van der Waals surface area contributed by atoms with E-state index in [4.69, 9.17) is 0 Å². The van der Waals surface area contributed by atoms with Gasteiger partial charge in [0.15, 0.2) is 0 Å². The minimum absolute atomic E-state index is 0.608. The largest absolute Gasteiger partial charge is 0.316 e. The predicted octanol–water partition coefficient (Wildman–Crippen LogP) is 1.91. The fourth-order valence-corrected chi connectivity index (χ4v) is 5.97. The highest BCUT2D eigenvalue weighted by atomic mass is 15.2. The van der Waals surface area contributed by atoms with Crippen LogP contribution < -0.4 is 10.6 Å². The van der Waals surface area contributed by atoms with Crippen molar-refractivity contribution in [2.24, 2.45) is 11.3 Å². The third kappa shape index (κ3) is 3.67. The molecular formula is C20H38N4. The van der Waals surface area contributed by atoms with Crippen LogP contribution >= 0.6 is 0 Å². The lowest BCUT2D eigenvalue weighted by Crippen LogP contribution is -2.54. The van der Waals surface area contributed by atoms with Crippen molar-refractivity contribution in [1.82, 2.24) is 20.4 Å². The summed E-state index contributed by atoms with van der Waals surface area (Å²) < 4.78 is 0. The van der Waals surface area contributed by atoms with Crippen molar-refractivity contribution in [3.8, 4) is 0 Å². The van der Waals surface area contributed by atoms with E-state index in [-0.39, 0.29) is 0 Å². The van der Waals surface area contributed by atoms with Crippen molar-refractivity contribution in [3.63, 3.8) is 0 Å². The molecule has 1 spiro atoms. The van der Waals surface area contributed by atoms with E-state index in [0.717, 1.165) is 18.0 Å². The zero-order valence-corrected chi connectivity index (χ0v) is 15.7. The smallest absolute Gasteiger partial charge is 0.0261 e. The summed E-state index contributed by atoms with van der Waals surface area (Å²) in [5.41, 5.74) is 0.608. The van der Waals surface area contributed by atoms with E-state index in [9.17, 15) is 0 Å². The number of nitrogens with one attached hydrogen (secondary N) is 2. The van der Waals surface area contributed by atoms with Gasteiger partial charge in [0, 0.05) is 38.3 Å².